The number of hydrogen-bond acceptors (Lipinski definition) is 5. The van der Waals surface area contributed by atoms with E-state index in [9.17, 15) is 13.2 Å². The zero-order chi connectivity index (χ0) is 18.7. The Balaban J connectivity index is 1.56. The topological polar surface area (TPSA) is 60.9 Å². The SMILES string of the molecule is CN1CCCC1C(=O)N1CCCN(Cc2ccc(S(C)(=O)=O)cc2)CC1. The predicted molar refractivity (Wildman–Crippen MR) is 102 cm³/mol. The fraction of sp³-hybridized carbons (Fsp3) is 0.632. The molecule has 1 amide bonds. The first kappa shape index (κ1) is 19.3. The molecule has 1 unspecified atom stereocenters. The molecule has 0 radical (unpaired) electrons. The van der Waals surface area contributed by atoms with E-state index >= 15 is 0 Å². The van der Waals surface area contributed by atoms with Crippen molar-refractivity contribution < 1.29 is 13.2 Å². The number of benzene rings is 1. The van der Waals surface area contributed by atoms with Crippen LogP contribution < -0.4 is 0 Å². The Morgan fingerprint density at radius 2 is 1.77 bits per heavy atom. The van der Waals surface area contributed by atoms with Gasteiger partial charge in [0.2, 0.25) is 5.91 Å². The number of carbonyl (C=O) groups is 1. The first-order valence-electron chi connectivity index (χ1n) is 9.35. The van der Waals surface area contributed by atoms with Crippen molar-refractivity contribution in [1.29, 1.82) is 0 Å². The summed E-state index contributed by atoms with van der Waals surface area (Å²) in [6.07, 6.45) is 4.28. The van der Waals surface area contributed by atoms with Crippen LogP contribution in [0.1, 0.15) is 24.8 Å². The van der Waals surface area contributed by atoms with Gasteiger partial charge in [-0.15, -0.1) is 0 Å². The van der Waals surface area contributed by atoms with Gasteiger partial charge in [0, 0.05) is 39.0 Å². The molecule has 0 spiro atoms. The van der Waals surface area contributed by atoms with Gasteiger partial charge in [-0.05, 0) is 50.6 Å². The molecular weight excluding hydrogens is 350 g/mol. The van der Waals surface area contributed by atoms with Crippen LogP contribution in [0.15, 0.2) is 29.2 Å². The van der Waals surface area contributed by atoms with Crippen molar-refractivity contribution in [3.05, 3.63) is 29.8 Å². The summed E-state index contributed by atoms with van der Waals surface area (Å²) in [7, 11) is -1.11. The number of sulfone groups is 1. The third-order valence-corrected chi connectivity index (χ3v) is 6.59. The maximum absolute atomic E-state index is 12.8. The third-order valence-electron chi connectivity index (χ3n) is 5.46. The van der Waals surface area contributed by atoms with E-state index in [0.29, 0.717) is 4.90 Å². The zero-order valence-electron chi connectivity index (χ0n) is 15.7. The summed E-state index contributed by atoms with van der Waals surface area (Å²) in [5.74, 6) is 0.282. The van der Waals surface area contributed by atoms with E-state index in [4.69, 9.17) is 0 Å². The van der Waals surface area contributed by atoms with Crippen molar-refractivity contribution >= 4 is 15.7 Å². The number of nitrogens with zero attached hydrogens (tertiary/aromatic N) is 3. The summed E-state index contributed by atoms with van der Waals surface area (Å²) >= 11 is 0. The molecule has 0 bridgehead atoms. The van der Waals surface area contributed by atoms with E-state index < -0.39 is 9.84 Å². The molecule has 0 N–H and O–H groups in total. The van der Waals surface area contributed by atoms with Crippen LogP contribution in [0, 0.1) is 0 Å². The maximum Gasteiger partial charge on any atom is 0.239 e. The molecule has 2 saturated heterocycles. The molecule has 0 aromatic heterocycles. The van der Waals surface area contributed by atoms with Crippen LogP contribution in [-0.2, 0) is 21.2 Å². The second-order valence-electron chi connectivity index (χ2n) is 7.51. The molecule has 2 fully saturated rings. The Bertz CT molecular complexity index is 733. The lowest BCUT2D eigenvalue weighted by Gasteiger charge is -2.27. The quantitative estimate of drug-likeness (QED) is 0.787. The van der Waals surface area contributed by atoms with Crippen molar-refractivity contribution in [2.24, 2.45) is 0 Å². The standard InChI is InChI=1S/C19H29N3O3S/c1-20-10-3-5-18(20)19(23)22-12-4-11-21(13-14-22)15-16-6-8-17(9-7-16)26(2,24)25/h6-9,18H,3-5,10-15H2,1-2H3. The molecule has 2 aliphatic heterocycles. The highest BCUT2D eigenvalue weighted by atomic mass is 32.2. The summed E-state index contributed by atoms with van der Waals surface area (Å²) in [6.45, 7) is 5.21. The average Bonchev–Trinajstić information content (AvgIpc) is 2.88. The number of amides is 1. The minimum Gasteiger partial charge on any atom is -0.340 e. The lowest BCUT2D eigenvalue weighted by atomic mass is 10.2. The molecule has 0 aliphatic carbocycles. The highest BCUT2D eigenvalue weighted by molar-refractivity contribution is 7.90. The predicted octanol–water partition coefficient (Wildman–Crippen LogP) is 1.22. The molecule has 1 atom stereocenters. The molecule has 1 aromatic carbocycles. The molecule has 2 aliphatic rings. The van der Waals surface area contributed by atoms with E-state index in [1.807, 2.05) is 24.1 Å². The lowest BCUT2D eigenvalue weighted by molar-refractivity contribution is -0.135. The van der Waals surface area contributed by atoms with E-state index in [1.54, 1.807) is 12.1 Å². The minimum atomic E-state index is -3.15. The number of likely N-dealkylation sites (tertiary alicyclic amines) is 1. The van der Waals surface area contributed by atoms with Crippen molar-refractivity contribution in [3.63, 3.8) is 0 Å². The lowest BCUT2D eigenvalue weighted by Crippen LogP contribution is -2.45. The third kappa shape index (κ3) is 4.64. The first-order chi connectivity index (χ1) is 12.3. The molecule has 2 heterocycles. The van der Waals surface area contributed by atoms with Gasteiger partial charge in [0.1, 0.15) is 0 Å². The maximum atomic E-state index is 12.8. The van der Waals surface area contributed by atoms with Crippen molar-refractivity contribution in [1.82, 2.24) is 14.7 Å². The van der Waals surface area contributed by atoms with Gasteiger partial charge in [0.25, 0.3) is 0 Å². The van der Waals surface area contributed by atoms with Gasteiger partial charge in [0.05, 0.1) is 10.9 Å². The number of rotatable bonds is 4. The molecule has 144 valence electrons. The van der Waals surface area contributed by atoms with Gasteiger partial charge in [-0.2, -0.15) is 0 Å². The molecule has 0 saturated carbocycles. The van der Waals surface area contributed by atoms with Gasteiger partial charge in [-0.1, -0.05) is 12.1 Å². The fourth-order valence-corrected chi connectivity index (χ4v) is 4.51. The Kier molecular flexibility index (Phi) is 5.99. The fourth-order valence-electron chi connectivity index (χ4n) is 3.88. The van der Waals surface area contributed by atoms with Gasteiger partial charge < -0.3 is 4.90 Å². The molecule has 7 heteroatoms. The highest BCUT2D eigenvalue weighted by Gasteiger charge is 2.32. The molecule has 6 nitrogen and oxygen atoms in total. The summed E-state index contributed by atoms with van der Waals surface area (Å²) in [4.78, 5) is 19.7. The van der Waals surface area contributed by atoms with Crippen molar-refractivity contribution in [2.75, 3.05) is 46.0 Å². The Labute approximate surface area is 156 Å². The number of likely N-dealkylation sites (N-methyl/N-ethyl adjacent to an activating group) is 1. The summed E-state index contributed by atoms with van der Waals surface area (Å²) in [5.41, 5.74) is 1.10. The molecular formula is C19H29N3O3S. The minimum absolute atomic E-state index is 0.0603. The summed E-state index contributed by atoms with van der Waals surface area (Å²) in [6, 6.07) is 7.18. The van der Waals surface area contributed by atoms with E-state index in [-0.39, 0.29) is 11.9 Å². The Morgan fingerprint density at radius 3 is 2.38 bits per heavy atom. The number of carbonyl (C=O) groups excluding carboxylic acids is 1. The molecule has 1 aromatic rings. The largest absolute Gasteiger partial charge is 0.340 e. The van der Waals surface area contributed by atoms with Crippen LogP contribution >= 0.6 is 0 Å². The summed E-state index contributed by atoms with van der Waals surface area (Å²) in [5, 5.41) is 0. The highest BCUT2D eigenvalue weighted by Crippen LogP contribution is 2.19. The van der Waals surface area contributed by atoms with E-state index in [2.05, 4.69) is 9.80 Å². The van der Waals surface area contributed by atoms with E-state index in [1.165, 1.54) is 6.26 Å². The van der Waals surface area contributed by atoms with Crippen LogP contribution in [0.25, 0.3) is 0 Å². The van der Waals surface area contributed by atoms with Gasteiger partial charge in [-0.25, -0.2) is 8.42 Å². The van der Waals surface area contributed by atoms with Gasteiger partial charge in [0.15, 0.2) is 9.84 Å². The van der Waals surface area contributed by atoms with Gasteiger partial charge >= 0.3 is 0 Å². The van der Waals surface area contributed by atoms with Crippen LogP contribution in [0.5, 0.6) is 0 Å². The zero-order valence-corrected chi connectivity index (χ0v) is 16.5. The summed E-state index contributed by atoms with van der Waals surface area (Å²) < 4.78 is 23.1. The van der Waals surface area contributed by atoms with Crippen molar-refractivity contribution in [3.8, 4) is 0 Å². The first-order valence-corrected chi connectivity index (χ1v) is 11.2. The van der Waals surface area contributed by atoms with Crippen LogP contribution in [0.3, 0.4) is 0 Å². The molecule has 3 rings (SSSR count). The van der Waals surface area contributed by atoms with Gasteiger partial charge in [-0.3, -0.25) is 14.6 Å². The van der Waals surface area contributed by atoms with E-state index in [0.717, 1.165) is 64.1 Å². The Morgan fingerprint density at radius 1 is 1.04 bits per heavy atom. The second-order valence-corrected chi connectivity index (χ2v) is 9.53. The van der Waals surface area contributed by atoms with Crippen LogP contribution in [0.4, 0.5) is 0 Å². The van der Waals surface area contributed by atoms with Crippen LogP contribution in [-0.4, -0.2) is 81.1 Å². The van der Waals surface area contributed by atoms with Crippen LogP contribution in [0.2, 0.25) is 0 Å². The smallest absolute Gasteiger partial charge is 0.239 e. The normalized spacial score (nSPS) is 23.2. The second kappa shape index (κ2) is 8.06. The Hall–Kier alpha value is -1.44. The molecule has 26 heavy (non-hydrogen) atoms. The number of hydrogen-bond donors (Lipinski definition) is 0. The monoisotopic (exact) mass is 379 g/mol. The average molecular weight is 380 g/mol. The van der Waals surface area contributed by atoms with Crippen molar-refractivity contribution in [2.45, 2.75) is 36.7 Å².